The lowest BCUT2D eigenvalue weighted by Gasteiger charge is -2.47. The standard InChI is InChI=1S/C36H61IN2O8/c1-8-30-27(21-37)18-22(2)12-13-28(40)23(3)19-26(14-17-39-15-10-9-11-16-39)35(24(4)29(41)20-31(42)46-30)47-36-34(44)32(38(6)7)33(43)25(5)45-36/h12-13,18,23-27,29-30,32-36,41,43-44H,8-11,14-17,19-21H2,1-7H3/b13-12+,22-18+/t23-,24+,25-,26+,27-,29-,30-,32+,33-,34?,35-,36+/m1/s1. The van der Waals surface area contributed by atoms with Crippen LogP contribution in [0.15, 0.2) is 23.8 Å². The van der Waals surface area contributed by atoms with Crippen LogP contribution in [0.25, 0.3) is 0 Å². The van der Waals surface area contributed by atoms with Gasteiger partial charge >= 0.3 is 5.97 Å². The van der Waals surface area contributed by atoms with Gasteiger partial charge in [0.25, 0.3) is 0 Å². The predicted molar refractivity (Wildman–Crippen MR) is 191 cm³/mol. The maximum Gasteiger partial charge on any atom is 0.308 e. The minimum atomic E-state index is -1.17. The molecule has 3 rings (SSSR count). The van der Waals surface area contributed by atoms with E-state index in [4.69, 9.17) is 14.2 Å². The summed E-state index contributed by atoms with van der Waals surface area (Å²) in [6.45, 7) is 12.3. The molecule has 0 spiro atoms. The fourth-order valence-corrected chi connectivity index (χ4v) is 8.18. The summed E-state index contributed by atoms with van der Waals surface area (Å²) in [5.74, 6) is -1.57. The first kappa shape index (κ1) is 40.5. The number of likely N-dealkylation sites (tertiary alicyclic amines) is 1. The van der Waals surface area contributed by atoms with E-state index in [1.165, 1.54) is 6.42 Å². The van der Waals surface area contributed by atoms with Gasteiger partial charge in [-0.1, -0.05) is 67.5 Å². The summed E-state index contributed by atoms with van der Waals surface area (Å²) in [6.07, 6.45) is 4.81. The number of hydrogen-bond acceptors (Lipinski definition) is 10. The number of alkyl halides is 1. The van der Waals surface area contributed by atoms with E-state index in [1.807, 2.05) is 33.8 Å². The zero-order valence-electron chi connectivity index (χ0n) is 29.6. The molecule has 0 radical (unpaired) electrons. The smallest absolute Gasteiger partial charge is 0.308 e. The Labute approximate surface area is 296 Å². The maximum atomic E-state index is 13.5. The average molecular weight is 777 g/mol. The molecule has 2 fully saturated rings. The number of ether oxygens (including phenoxy) is 3. The first-order valence-corrected chi connectivity index (χ1v) is 19.2. The van der Waals surface area contributed by atoms with Crippen LogP contribution in [-0.2, 0) is 23.8 Å². The van der Waals surface area contributed by atoms with E-state index < -0.39 is 54.7 Å². The number of nitrogens with zero attached hydrogens (tertiary/aromatic N) is 2. The molecule has 0 amide bonds. The van der Waals surface area contributed by atoms with Crippen LogP contribution < -0.4 is 0 Å². The van der Waals surface area contributed by atoms with E-state index in [2.05, 4.69) is 33.6 Å². The van der Waals surface area contributed by atoms with Crippen LogP contribution in [0.3, 0.4) is 0 Å². The topological polar surface area (TPSA) is 129 Å². The van der Waals surface area contributed by atoms with Gasteiger partial charge in [0.05, 0.1) is 36.9 Å². The SMILES string of the molecule is CC[C@H]1OC(=O)C[C@@H](O)[C@H](C)[C@@H](O[C@@H]2O[C@H](C)[C@@H](O)[C@H](N(C)C)C2O)[C@@H](CCN2CCCCC2)C[C@@H](C)C(=O)/C=C/C(C)=C/[C@@H]1CI. The number of cyclic esters (lactones) is 1. The highest BCUT2D eigenvalue weighted by molar-refractivity contribution is 14.1. The number of esters is 1. The summed E-state index contributed by atoms with van der Waals surface area (Å²) in [5.41, 5.74) is 0.931. The second-order valence-corrected chi connectivity index (χ2v) is 15.2. The van der Waals surface area contributed by atoms with Crippen molar-refractivity contribution in [2.45, 2.75) is 129 Å². The third kappa shape index (κ3) is 11.6. The van der Waals surface area contributed by atoms with Crippen molar-refractivity contribution in [2.75, 3.05) is 38.2 Å². The highest BCUT2D eigenvalue weighted by atomic mass is 127. The van der Waals surface area contributed by atoms with Crippen LogP contribution >= 0.6 is 22.6 Å². The second kappa shape index (κ2) is 19.5. The van der Waals surface area contributed by atoms with Gasteiger partial charge in [-0.15, -0.1) is 0 Å². The Morgan fingerprint density at radius 1 is 1.04 bits per heavy atom. The molecule has 3 aliphatic heterocycles. The number of carbonyl (C=O) groups is 2. The van der Waals surface area contributed by atoms with Gasteiger partial charge in [0, 0.05) is 22.2 Å². The fraction of sp³-hybridized carbons (Fsp3) is 0.833. The van der Waals surface area contributed by atoms with Crippen molar-refractivity contribution in [1.29, 1.82) is 0 Å². The van der Waals surface area contributed by atoms with Gasteiger partial charge in [0.15, 0.2) is 12.1 Å². The highest BCUT2D eigenvalue weighted by Crippen LogP contribution is 2.35. The van der Waals surface area contributed by atoms with Crippen LogP contribution in [0.2, 0.25) is 0 Å². The average Bonchev–Trinajstić information content (AvgIpc) is 3.04. The molecule has 0 aromatic rings. The Hall–Kier alpha value is -0.930. The highest BCUT2D eigenvalue weighted by Gasteiger charge is 2.47. The molecule has 10 nitrogen and oxygen atoms in total. The summed E-state index contributed by atoms with van der Waals surface area (Å²) in [7, 11) is 3.59. The van der Waals surface area contributed by atoms with Gasteiger partial charge in [-0.25, -0.2) is 0 Å². The van der Waals surface area contributed by atoms with E-state index in [0.29, 0.717) is 19.3 Å². The van der Waals surface area contributed by atoms with Gasteiger partial charge in [0.2, 0.25) is 0 Å². The number of allylic oxidation sites excluding steroid dienone is 3. The van der Waals surface area contributed by atoms with E-state index in [-0.39, 0.29) is 36.1 Å². The molecule has 12 atom stereocenters. The van der Waals surface area contributed by atoms with Crippen molar-refractivity contribution < 1.29 is 39.1 Å². The molecule has 2 saturated heterocycles. The molecular weight excluding hydrogens is 715 g/mol. The van der Waals surface area contributed by atoms with Crippen LogP contribution in [0.4, 0.5) is 0 Å². The van der Waals surface area contributed by atoms with Crippen LogP contribution in [0.5, 0.6) is 0 Å². The summed E-state index contributed by atoms with van der Waals surface area (Å²) in [4.78, 5) is 31.0. The monoisotopic (exact) mass is 776 g/mol. The summed E-state index contributed by atoms with van der Waals surface area (Å²) >= 11 is 2.29. The lowest BCUT2D eigenvalue weighted by atomic mass is 9.79. The molecular formula is C36H61IN2O8. The Balaban J connectivity index is 2.02. The molecule has 47 heavy (non-hydrogen) atoms. The number of rotatable bonds is 8. The quantitative estimate of drug-likeness (QED) is 0.188. The maximum absolute atomic E-state index is 13.5. The van der Waals surface area contributed by atoms with Crippen LogP contribution in [-0.4, -0.2) is 124 Å². The molecule has 0 bridgehead atoms. The van der Waals surface area contributed by atoms with E-state index in [1.54, 1.807) is 32.0 Å². The number of halogens is 1. The second-order valence-electron chi connectivity index (χ2n) is 14.4. The van der Waals surface area contributed by atoms with Gasteiger partial charge in [0.1, 0.15) is 12.2 Å². The molecule has 0 aromatic heterocycles. The largest absolute Gasteiger partial charge is 0.462 e. The van der Waals surface area contributed by atoms with Gasteiger partial charge < -0.3 is 39.3 Å². The third-order valence-corrected chi connectivity index (χ3v) is 11.4. The zero-order chi connectivity index (χ0) is 34.8. The molecule has 0 aromatic carbocycles. The Kier molecular flexibility index (Phi) is 16.8. The van der Waals surface area contributed by atoms with Crippen molar-refractivity contribution in [3.63, 3.8) is 0 Å². The Morgan fingerprint density at radius 2 is 1.72 bits per heavy atom. The van der Waals surface area contributed by atoms with Gasteiger partial charge in [-0.2, -0.15) is 0 Å². The number of likely N-dealkylation sites (N-methyl/N-ethyl adjacent to an activating group) is 1. The first-order chi connectivity index (χ1) is 22.3. The Morgan fingerprint density at radius 3 is 2.34 bits per heavy atom. The molecule has 0 saturated carbocycles. The first-order valence-electron chi connectivity index (χ1n) is 17.7. The van der Waals surface area contributed by atoms with Crippen LogP contribution in [0, 0.1) is 23.7 Å². The molecule has 3 N–H and O–H groups in total. The van der Waals surface area contributed by atoms with Crippen LogP contribution in [0.1, 0.15) is 79.6 Å². The summed E-state index contributed by atoms with van der Waals surface area (Å²) in [5, 5.41) is 33.9. The van der Waals surface area contributed by atoms with Gasteiger partial charge in [-0.05, 0) is 91.7 Å². The number of aliphatic hydroxyl groups excluding tert-OH is 3. The molecule has 3 heterocycles. The zero-order valence-corrected chi connectivity index (χ0v) is 31.8. The molecule has 0 aliphatic carbocycles. The summed E-state index contributed by atoms with van der Waals surface area (Å²) in [6, 6.07) is -0.629. The number of carbonyl (C=O) groups excluding carboxylic acids is 2. The lowest BCUT2D eigenvalue weighted by Crippen LogP contribution is -2.63. The number of aliphatic hydroxyl groups is 3. The van der Waals surface area contributed by atoms with E-state index in [9.17, 15) is 24.9 Å². The van der Waals surface area contributed by atoms with Crippen molar-refractivity contribution in [3.8, 4) is 0 Å². The molecule has 11 heteroatoms. The third-order valence-electron chi connectivity index (χ3n) is 10.4. The number of hydrogen-bond donors (Lipinski definition) is 3. The molecule has 270 valence electrons. The van der Waals surface area contributed by atoms with Crippen molar-refractivity contribution >= 4 is 34.3 Å². The van der Waals surface area contributed by atoms with Gasteiger partial charge in [-0.3, -0.25) is 9.59 Å². The normalized spacial score (nSPS) is 40.9. The Bertz CT molecular complexity index is 1050. The fourth-order valence-electron chi connectivity index (χ4n) is 7.36. The van der Waals surface area contributed by atoms with Crippen molar-refractivity contribution in [3.05, 3.63) is 23.8 Å². The number of ketones is 1. The van der Waals surface area contributed by atoms with Crippen molar-refractivity contribution in [2.24, 2.45) is 23.7 Å². The lowest BCUT2D eigenvalue weighted by molar-refractivity contribution is -0.304. The minimum absolute atomic E-state index is 0.0163. The molecule has 3 aliphatic rings. The molecule has 1 unspecified atom stereocenters. The van der Waals surface area contributed by atoms with E-state index >= 15 is 0 Å². The predicted octanol–water partition coefficient (Wildman–Crippen LogP) is 4.13. The number of piperidine rings is 1. The minimum Gasteiger partial charge on any atom is -0.462 e. The van der Waals surface area contributed by atoms with E-state index in [0.717, 1.165) is 42.5 Å². The summed E-state index contributed by atoms with van der Waals surface area (Å²) < 4.78 is 19.5. The van der Waals surface area contributed by atoms with Crippen molar-refractivity contribution in [1.82, 2.24) is 9.80 Å².